The molecule has 0 aliphatic rings. The molecular formula is C12H16N2O2. The van der Waals surface area contributed by atoms with Gasteiger partial charge in [0.2, 0.25) is 0 Å². The Bertz CT molecular complexity index is 277. The van der Waals surface area contributed by atoms with E-state index in [2.05, 4.69) is 13.1 Å². The van der Waals surface area contributed by atoms with Crippen LogP contribution < -0.4 is 9.47 Å². The first kappa shape index (κ1) is 16.2. The third-order valence-electron chi connectivity index (χ3n) is 1.45. The summed E-state index contributed by atoms with van der Waals surface area (Å²) >= 11 is 0. The van der Waals surface area contributed by atoms with Gasteiger partial charge in [0, 0.05) is 13.1 Å². The Kier molecular flexibility index (Phi) is 13.0. The Balaban J connectivity index is 0. The van der Waals surface area contributed by atoms with Crippen LogP contribution in [0, 0.1) is 23.7 Å². The first-order valence-corrected chi connectivity index (χ1v) is 4.74. The molecule has 0 aliphatic carbocycles. The summed E-state index contributed by atoms with van der Waals surface area (Å²) in [6.07, 6.45) is 0. The van der Waals surface area contributed by atoms with Crippen LogP contribution in [0.1, 0.15) is 13.8 Å². The van der Waals surface area contributed by atoms with Crippen molar-refractivity contribution < 1.29 is 9.47 Å². The zero-order valence-corrected chi connectivity index (χ0v) is 9.59. The predicted octanol–water partition coefficient (Wildman–Crippen LogP) is 2.76. The molecule has 1 aromatic rings. The molecule has 0 bridgehead atoms. The van der Waals surface area contributed by atoms with Crippen LogP contribution in [-0.2, 0) is 0 Å². The van der Waals surface area contributed by atoms with Gasteiger partial charge in [0.05, 0.1) is 13.2 Å². The van der Waals surface area contributed by atoms with E-state index in [1.807, 2.05) is 38.1 Å². The standard InChI is InChI=1S/C10H14O2.2CHN/c1-3-11-9-7-5-6-8-10(9)12-4-2;2*1-2/h5-8H,3-4H2,1-2H3;2*1H. The van der Waals surface area contributed by atoms with Crippen molar-refractivity contribution in [1.82, 2.24) is 0 Å². The van der Waals surface area contributed by atoms with Crippen LogP contribution in [0.15, 0.2) is 24.3 Å². The molecule has 0 heterocycles. The van der Waals surface area contributed by atoms with Gasteiger partial charge in [-0.2, -0.15) is 0 Å². The van der Waals surface area contributed by atoms with Crippen LogP contribution in [0.3, 0.4) is 0 Å². The summed E-state index contributed by atoms with van der Waals surface area (Å²) in [5, 5.41) is 13.0. The van der Waals surface area contributed by atoms with Gasteiger partial charge in [-0.05, 0) is 26.0 Å². The van der Waals surface area contributed by atoms with E-state index in [-0.39, 0.29) is 0 Å². The third kappa shape index (κ3) is 6.28. The Morgan fingerprint density at radius 1 is 0.875 bits per heavy atom. The van der Waals surface area contributed by atoms with Gasteiger partial charge in [-0.15, -0.1) is 0 Å². The fourth-order valence-electron chi connectivity index (χ4n) is 1.000. The Hall–Kier alpha value is -2.20. The molecule has 0 amide bonds. The van der Waals surface area contributed by atoms with Crippen LogP contribution in [0.25, 0.3) is 0 Å². The molecule has 0 atom stereocenters. The SMILES string of the molecule is C#N.C#N.CCOc1ccccc1OCC. The third-order valence-corrected chi connectivity index (χ3v) is 1.45. The summed E-state index contributed by atoms with van der Waals surface area (Å²) in [6, 6.07) is 7.70. The molecule has 1 aromatic carbocycles. The summed E-state index contributed by atoms with van der Waals surface area (Å²) in [5.41, 5.74) is 0. The van der Waals surface area contributed by atoms with E-state index in [0.717, 1.165) is 11.5 Å². The molecule has 0 spiro atoms. The molecule has 0 fully saturated rings. The molecule has 0 N–H and O–H groups in total. The van der Waals surface area contributed by atoms with Gasteiger partial charge in [-0.1, -0.05) is 12.1 Å². The average molecular weight is 220 g/mol. The molecule has 86 valence electrons. The maximum Gasteiger partial charge on any atom is 0.161 e. The van der Waals surface area contributed by atoms with Crippen molar-refractivity contribution in [3.05, 3.63) is 24.3 Å². The van der Waals surface area contributed by atoms with E-state index in [0.29, 0.717) is 13.2 Å². The highest BCUT2D eigenvalue weighted by Gasteiger charge is 2.00. The second-order valence-electron chi connectivity index (χ2n) is 2.31. The molecule has 1 rings (SSSR count). The van der Waals surface area contributed by atoms with E-state index in [1.54, 1.807) is 0 Å². The first-order valence-electron chi connectivity index (χ1n) is 4.74. The van der Waals surface area contributed by atoms with E-state index in [4.69, 9.17) is 20.0 Å². The minimum absolute atomic E-state index is 0.671. The van der Waals surface area contributed by atoms with Crippen molar-refractivity contribution in [1.29, 1.82) is 10.5 Å². The highest BCUT2D eigenvalue weighted by molar-refractivity contribution is 5.39. The van der Waals surface area contributed by atoms with Gasteiger partial charge in [0.15, 0.2) is 11.5 Å². The average Bonchev–Trinajstić information content (AvgIpc) is 2.37. The molecule has 0 aromatic heterocycles. The van der Waals surface area contributed by atoms with Gasteiger partial charge >= 0.3 is 0 Å². The van der Waals surface area contributed by atoms with Gasteiger partial charge in [-0.25, -0.2) is 10.5 Å². The quantitative estimate of drug-likeness (QED) is 0.782. The molecule has 0 saturated heterocycles. The number of hydrogen-bond acceptors (Lipinski definition) is 4. The van der Waals surface area contributed by atoms with Crippen LogP contribution in [0.5, 0.6) is 11.5 Å². The molecule has 16 heavy (non-hydrogen) atoms. The first-order chi connectivity index (χ1) is 7.88. The molecule has 0 aliphatic heterocycles. The Morgan fingerprint density at radius 3 is 1.44 bits per heavy atom. The van der Waals surface area contributed by atoms with Crippen LogP contribution in [0.4, 0.5) is 0 Å². The molecule has 0 radical (unpaired) electrons. The summed E-state index contributed by atoms with van der Waals surface area (Å²) in [6.45, 7) is 12.3. The maximum atomic E-state index is 6.50. The van der Waals surface area contributed by atoms with Gasteiger partial charge in [-0.3, -0.25) is 0 Å². The minimum atomic E-state index is 0.671. The Labute approximate surface area is 96.6 Å². The van der Waals surface area contributed by atoms with Crippen molar-refractivity contribution in [2.24, 2.45) is 0 Å². The minimum Gasteiger partial charge on any atom is -0.490 e. The highest BCUT2D eigenvalue weighted by Crippen LogP contribution is 2.25. The van der Waals surface area contributed by atoms with Gasteiger partial charge in [0.1, 0.15) is 0 Å². The van der Waals surface area contributed by atoms with E-state index < -0.39 is 0 Å². The van der Waals surface area contributed by atoms with E-state index in [1.165, 1.54) is 0 Å². The zero-order valence-electron chi connectivity index (χ0n) is 9.59. The van der Waals surface area contributed by atoms with Crippen molar-refractivity contribution in [2.75, 3.05) is 13.2 Å². The molecule has 0 saturated carbocycles. The Morgan fingerprint density at radius 2 is 1.19 bits per heavy atom. The summed E-state index contributed by atoms with van der Waals surface area (Å²) in [5.74, 6) is 1.64. The van der Waals surface area contributed by atoms with Crippen molar-refractivity contribution in [2.45, 2.75) is 13.8 Å². The summed E-state index contributed by atoms with van der Waals surface area (Å²) in [7, 11) is 0. The number of ether oxygens (including phenoxy) is 2. The number of para-hydroxylation sites is 2. The smallest absolute Gasteiger partial charge is 0.161 e. The second-order valence-corrected chi connectivity index (χ2v) is 2.31. The fourth-order valence-corrected chi connectivity index (χ4v) is 1.000. The van der Waals surface area contributed by atoms with Crippen molar-refractivity contribution >= 4 is 0 Å². The predicted molar refractivity (Wildman–Crippen MR) is 62.1 cm³/mol. The van der Waals surface area contributed by atoms with Crippen molar-refractivity contribution in [3.63, 3.8) is 0 Å². The molecule has 4 nitrogen and oxygen atoms in total. The van der Waals surface area contributed by atoms with Crippen LogP contribution in [0.2, 0.25) is 0 Å². The second kappa shape index (κ2) is 12.8. The summed E-state index contributed by atoms with van der Waals surface area (Å²) in [4.78, 5) is 0. The van der Waals surface area contributed by atoms with Crippen LogP contribution in [-0.4, -0.2) is 13.2 Å². The van der Waals surface area contributed by atoms with Gasteiger partial charge < -0.3 is 9.47 Å². The van der Waals surface area contributed by atoms with Gasteiger partial charge in [0.25, 0.3) is 0 Å². The maximum absolute atomic E-state index is 6.50. The number of nitriles is 2. The molecule has 4 heteroatoms. The monoisotopic (exact) mass is 220 g/mol. The lowest BCUT2D eigenvalue weighted by Crippen LogP contribution is -1.97. The van der Waals surface area contributed by atoms with E-state index >= 15 is 0 Å². The topological polar surface area (TPSA) is 66.0 Å². The zero-order chi connectivity index (χ0) is 12.8. The summed E-state index contributed by atoms with van der Waals surface area (Å²) < 4.78 is 10.7. The lowest BCUT2D eigenvalue weighted by Gasteiger charge is -2.09. The fraction of sp³-hybridized carbons (Fsp3) is 0.333. The highest BCUT2D eigenvalue weighted by atomic mass is 16.5. The molecular weight excluding hydrogens is 204 g/mol. The number of rotatable bonds is 4. The lowest BCUT2D eigenvalue weighted by atomic mass is 10.3. The normalized spacial score (nSPS) is 7.38. The number of benzene rings is 1. The largest absolute Gasteiger partial charge is 0.490 e. The lowest BCUT2D eigenvalue weighted by molar-refractivity contribution is 0.288. The molecule has 0 unspecified atom stereocenters. The van der Waals surface area contributed by atoms with E-state index in [9.17, 15) is 0 Å². The van der Waals surface area contributed by atoms with Crippen LogP contribution >= 0.6 is 0 Å². The van der Waals surface area contributed by atoms with Crippen molar-refractivity contribution in [3.8, 4) is 24.6 Å². The number of nitrogens with zero attached hydrogens (tertiary/aromatic N) is 2. The number of hydrogen-bond donors (Lipinski definition) is 0.